The maximum atomic E-state index is 12.2. The number of alkyl carbamates (subject to hydrolysis) is 1. The molecule has 0 aromatic heterocycles. The summed E-state index contributed by atoms with van der Waals surface area (Å²) < 4.78 is 42.6. The highest BCUT2D eigenvalue weighted by molar-refractivity contribution is 5.95. The predicted octanol–water partition coefficient (Wildman–Crippen LogP) is 1.73. The molecule has 0 aliphatic rings. The molecule has 132 valence electrons. The Kier molecular flexibility index (Phi) is 7.40. The van der Waals surface area contributed by atoms with Crippen molar-refractivity contribution in [3.05, 3.63) is 23.8 Å². The van der Waals surface area contributed by atoms with Crippen molar-refractivity contribution >= 4 is 18.0 Å². The summed E-state index contributed by atoms with van der Waals surface area (Å²) >= 11 is 0. The Balaban J connectivity index is 2.64. The Morgan fingerprint density at radius 3 is 2.46 bits per heavy atom. The van der Waals surface area contributed by atoms with Gasteiger partial charge in [-0.3, -0.25) is 10.1 Å². The van der Waals surface area contributed by atoms with Crippen LogP contribution in [0.2, 0.25) is 0 Å². The molecule has 0 saturated carbocycles. The largest absolute Gasteiger partial charge is 0.493 e. The van der Waals surface area contributed by atoms with Crippen LogP contribution in [-0.4, -0.2) is 44.9 Å². The van der Waals surface area contributed by atoms with Gasteiger partial charge in [0.25, 0.3) is 5.91 Å². The number of amides is 2. The molecule has 0 spiro atoms. The van der Waals surface area contributed by atoms with E-state index in [4.69, 9.17) is 4.74 Å². The lowest BCUT2D eigenvalue weighted by molar-refractivity contribution is -0.123. The van der Waals surface area contributed by atoms with E-state index in [0.717, 1.165) is 18.2 Å². The summed E-state index contributed by atoms with van der Waals surface area (Å²) in [6.45, 7) is -2.15. The van der Waals surface area contributed by atoms with Gasteiger partial charge in [-0.2, -0.15) is 8.78 Å². The van der Waals surface area contributed by atoms with Gasteiger partial charge in [0.1, 0.15) is 0 Å². The molecular weight excluding hydrogens is 332 g/mol. The minimum Gasteiger partial charge on any atom is -0.493 e. The van der Waals surface area contributed by atoms with Crippen molar-refractivity contribution in [1.29, 1.82) is 0 Å². The molecular formula is C14H15F2NO7. The molecule has 0 aliphatic carbocycles. The van der Waals surface area contributed by atoms with Crippen molar-refractivity contribution in [3.63, 3.8) is 0 Å². The van der Waals surface area contributed by atoms with Crippen molar-refractivity contribution in [2.24, 2.45) is 0 Å². The van der Waals surface area contributed by atoms with Crippen LogP contribution in [0.25, 0.3) is 0 Å². The van der Waals surface area contributed by atoms with Gasteiger partial charge in [0.2, 0.25) is 0 Å². The lowest BCUT2D eigenvalue weighted by Crippen LogP contribution is -2.34. The van der Waals surface area contributed by atoms with Crippen LogP contribution < -0.4 is 14.8 Å². The molecule has 1 rings (SSSR count). The maximum Gasteiger partial charge on any atom is 0.413 e. The number of halogens is 2. The molecule has 0 radical (unpaired) electrons. The number of methoxy groups -OCH3 is 1. The van der Waals surface area contributed by atoms with Crippen LogP contribution in [0.4, 0.5) is 13.6 Å². The second-order valence-electron chi connectivity index (χ2n) is 4.09. The lowest BCUT2D eigenvalue weighted by Gasteiger charge is -2.11. The Bertz CT molecular complexity index is 607. The highest BCUT2D eigenvalue weighted by Gasteiger charge is 2.16. The van der Waals surface area contributed by atoms with Gasteiger partial charge in [0, 0.05) is 0 Å². The van der Waals surface area contributed by atoms with E-state index in [0.29, 0.717) is 0 Å². The van der Waals surface area contributed by atoms with E-state index in [2.05, 4.69) is 14.2 Å². The third-order valence-electron chi connectivity index (χ3n) is 2.47. The molecule has 0 heterocycles. The van der Waals surface area contributed by atoms with Gasteiger partial charge < -0.3 is 18.9 Å². The summed E-state index contributed by atoms with van der Waals surface area (Å²) in [7, 11) is 1.20. The number of hydrogen-bond donors (Lipinski definition) is 1. The van der Waals surface area contributed by atoms with Gasteiger partial charge in [-0.15, -0.1) is 0 Å². The summed E-state index contributed by atoms with van der Waals surface area (Å²) in [5.74, 6) is -2.17. The van der Waals surface area contributed by atoms with Gasteiger partial charge in [-0.25, -0.2) is 9.59 Å². The molecule has 8 nitrogen and oxygen atoms in total. The average Bonchev–Trinajstić information content (AvgIpc) is 2.52. The molecule has 0 fully saturated rings. The van der Waals surface area contributed by atoms with Crippen LogP contribution in [0, 0.1) is 0 Å². The number of hydrogen-bond acceptors (Lipinski definition) is 7. The van der Waals surface area contributed by atoms with E-state index in [9.17, 15) is 23.2 Å². The first kappa shape index (κ1) is 19.1. The van der Waals surface area contributed by atoms with Crippen molar-refractivity contribution in [2.75, 3.05) is 20.3 Å². The summed E-state index contributed by atoms with van der Waals surface area (Å²) in [6.07, 6.45) is -0.964. The van der Waals surface area contributed by atoms with Crippen LogP contribution in [0.1, 0.15) is 17.3 Å². The zero-order chi connectivity index (χ0) is 18.1. The molecule has 1 N–H and O–H groups in total. The summed E-state index contributed by atoms with van der Waals surface area (Å²) in [5, 5.41) is 1.84. The minimum absolute atomic E-state index is 0.0580. The molecule has 2 amide bonds. The molecule has 0 bridgehead atoms. The maximum absolute atomic E-state index is 12.2. The third kappa shape index (κ3) is 6.07. The first-order chi connectivity index (χ1) is 11.4. The first-order valence-corrected chi connectivity index (χ1v) is 6.64. The molecule has 0 aliphatic heterocycles. The molecule has 0 unspecified atom stereocenters. The van der Waals surface area contributed by atoms with E-state index in [-0.39, 0.29) is 23.7 Å². The Hall–Kier alpha value is -2.91. The van der Waals surface area contributed by atoms with Crippen LogP contribution in [0.5, 0.6) is 11.5 Å². The molecule has 24 heavy (non-hydrogen) atoms. The van der Waals surface area contributed by atoms with Gasteiger partial charge >= 0.3 is 18.7 Å². The van der Waals surface area contributed by atoms with Crippen LogP contribution in [-0.2, 0) is 14.3 Å². The van der Waals surface area contributed by atoms with E-state index in [1.165, 1.54) is 7.11 Å². The number of benzene rings is 1. The second-order valence-corrected chi connectivity index (χ2v) is 4.09. The van der Waals surface area contributed by atoms with Crippen LogP contribution in [0.15, 0.2) is 18.2 Å². The van der Waals surface area contributed by atoms with Crippen molar-refractivity contribution < 1.29 is 42.1 Å². The van der Waals surface area contributed by atoms with Crippen molar-refractivity contribution in [1.82, 2.24) is 5.32 Å². The summed E-state index contributed by atoms with van der Waals surface area (Å²) in [5.41, 5.74) is -0.0580. The summed E-state index contributed by atoms with van der Waals surface area (Å²) in [6, 6.07) is 3.37. The highest BCUT2D eigenvalue weighted by Crippen LogP contribution is 2.29. The predicted molar refractivity (Wildman–Crippen MR) is 75.1 cm³/mol. The van der Waals surface area contributed by atoms with E-state index in [1.807, 2.05) is 5.32 Å². The second kappa shape index (κ2) is 9.28. The van der Waals surface area contributed by atoms with E-state index < -0.39 is 31.2 Å². The Morgan fingerprint density at radius 2 is 1.88 bits per heavy atom. The highest BCUT2D eigenvalue weighted by atomic mass is 19.3. The fourth-order valence-corrected chi connectivity index (χ4v) is 1.52. The van der Waals surface area contributed by atoms with Gasteiger partial charge in [-0.05, 0) is 25.1 Å². The van der Waals surface area contributed by atoms with E-state index in [1.54, 1.807) is 6.92 Å². The molecule has 1 aromatic carbocycles. The minimum atomic E-state index is -3.05. The number of rotatable bonds is 7. The SMILES string of the molecule is CCOC(=O)NC(=O)COC(=O)c1ccc(OC(F)F)c(OC)c1. The van der Waals surface area contributed by atoms with Crippen molar-refractivity contribution in [3.8, 4) is 11.5 Å². The fraction of sp³-hybridized carbons (Fsp3) is 0.357. The number of alkyl halides is 2. The normalized spacial score (nSPS) is 10.0. The number of esters is 1. The third-order valence-corrected chi connectivity index (χ3v) is 2.47. The molecule has 0 saturated heterocycles. The standard InChI is InChI=1S/C14H15F2NO7/c1-3-22-14(20)17-11(18)7-23-12(19)8-4-5-9(24-13(15)16)10(6-8)21-2/h4-6,13H,3,7H2,1-2H3,(H,17,18,20). The van der Waals surface area contributed by atoms with Gasteiger partial charge in [0.05, 0.1) is 19.3 Å². The fourth-order valence-electron chi connectivity index (χ4n) is 1.52. The quantitative estimate of drug-likeness (QED) is 0.750. The lowest BCUT2D eigenvalue weighted by atomic mass is 10.2. The van der Waals surface area contributed by atoms with Crippen LogP contribution >= 0.6 is 0 Å². The zero-order valence-electron chi connectivity index (χ0n) is 12.8. The summed E-state index contributed by atoms with van der Waals surface area (Å²) in [4.78, 5) is 34.1. The zero-order valence-corrected chi connectivity index (χ0v) is 12.8. The number of imide groups is 1. The van der Waals surface area contributed by atoms with Gasteiger partial charge in [0.15, 0.2) is 18.1 Å². The topological polar surface area (TPSA) is 100 Å². The van der Waals surface area contributed by atoms with E-state index >= 15 is 0 Å². The van der Waals surface area contributed by atoms with Gasteiger partial charge in [-0.1, -0.05) is 0 Å². The number of ether oxygens (including phenoxy) is 4. The average molecular weight is 347 g/mol. The molecule has 10 heteroatoms. The van der Waals surface area contributed by atoms with Crippen LogP contribution in [0.3, 0.4) is 0 Å². The molecule has 1 aromatic rings. The Morgan fingerprint density at radius 1 is 1.17 bits per heavy atom. The smallest absolute Gasteiger partial charge is 0.413 e. The van der Waals surface area contributed by atoms with Crippen molar-refractivity contribution in [2.45, 2.75) is 13.5 Å². The number of carbonyl (C=O) groups is 3. The Labute approximate surface area is 135 Å². The molecule has 0 atom stereocenters. The number of nitrogens with one attached hydrogen (secondary N) is 1. The first-order valence-electron chi connectivity index (χ1n) is 6.64. The monoisotopic (exact) mass is 347 g/mol. The number of carbonyl (C=O) groups excluding carboxylic acids is 3.